The number of rotatable bonds is 6. The number of nitrogens with zero attached hydrogens (tertiary/aromatic N) is 4. The molecule has 2 aromatic rings. The molecule has 2 aromatic heterocycles. The van der Waals surface area contributed by atoms with Crippen molar-refractivity contribution in [3.8, 4) is 0 Å². The quantitative estimate of drug-likeness (QED) is 0.811. The van der Waals surface area contributed by atoms with Crippen LogP contribution in [0.2, 0.25) is 0 Å². The lowest BCUT2D eigenvalue weighted by Gasteiger charge is -2.07. The van der Waals surface area contributed by atoms with Crippen LogP contribution in [-0.4, -0.2) is 38.5 Å². The van der Waals surface area contributed by atoms with Crippen molar-refractivity contribution in [2.45, 2.75) is 40.2 Å². The number of carbonyl (C=O) groups excluding carboxylic acids is 2. The van der Waals surface area contributed by atoms with Gasteiger partial charge in [-0.3, -0.25) is 14.2 Å². The molecule has 2 rings (SSSR count). The van der Waals surface area contributed by atoms with E-state index >= 15 is 0 Å². The second kappa shape index (κ2) is 7.29. The van der Waals surface area contributed by atoms with E-state index in [2.05, 4.69) is 15.5 Å². The molecular formula is C16H23N5O3. The zero-order valence-corrected chi connectivity index (χ0v) is 14.7. The number of aryl methyl sites for hydroxylation is 5. The van der Waals surface area contributed by atoms with Crippen LogP contribution in [0.3, 0.4) is 0 Å². The molecule has 0 aromatic carbocycles. The van der Waals surface area contributed by atoms with E-state index in [0.717, 1.165) is 17.8 Å². The van der Waals surface area contributed by atoms with Gasteiger partial charge in [0.2, 0.25) is 5.91 Å². The molecule has 0 atom stereocenters. The number of methoxy groups -OCH3 is 1. The topological polar surface area (TPSA) is 91.0 Å². The predicted molar refractivity (Wildman–Crippen MR) is 88.9 cm³/mol. The van der Waals surface area contributed by atoms with E-state index in [4.69, 9.17) is 4.74 Å². The Morgan fingerprint density at radius 3 is 2.54 bits per heavy atom. The summed E-state index contributed by atoms with van der Waals surface area (Å²) < 4.78 is 8.01. The van der Waals surface area contributed by atoms with Crippen LogP contribution in [0.15, 0.2) is 6.20 Å². The van der Waals surface area contributed by atoms with Gasteiger partial charge in [0.15, 0.2) is 5.69 Å². The molecule has 1 amide bonds. The molecule has 130 valence electrons. The summed E-state index contributed by atoms with van der Waals surface area (Å²) in [5.74, 6) is -0.714. The van der Waals surface area contributed by atoms with Crippen molar-refractivity contribution < 1.29 is 14.3 Å². The number of hydrogen-bond donors (Lipinski definition) is 1. The van der Waals surface area contributed by atoms with Gasteiger partial charge in [-0.25, -0.2) is 4.79 Å². The third kappa shape index (κ3) is 3.64. The van der Waals surface area contributed by atoms with E-state index in [1.165, 1.54) is 11.8 Å². The maximum Gasteiger partial charge on any atom is 0.358 e. The fourth-order valence-corrected chi connectivity index (χ4v) is 2.56. The van der Waals surface area contributed by atoms with E-state index < -0.39 is 5.97 Å². The summed E-state index contributed by atoms with van der Waals surface area (Å²) in [5, 5.41) is 11.3. The smallest absolute Gasteiger partial charge is 0.358 e. The molecule has 0 saturated heterocycles. The van der Waals surface area contributed by atoms with Gasteiger partial charge in [-0.2, -0.15) is 10.2 Å². The van der Waals surface area contributed by atoms with Gasteiger partial charge in [0.1, 0.15) is 0 Å². The van der Waals surface area contributed by atoms with Crippen molar-refractivity contribution in [3.63, 3.8) is 0 Å². The van der Waals surface area contributed by atoms with Crippen LogP contribution >= 0.6 is 0 Å². The maximum atomic E-state index is 12.3. The summed E-state index contributed by atoms with van der Waals surface area (Å²) >= 11 is 0. The molecule has 0 spiro atoms. The lowest BCUT2D eigenvalue weighted by molar-refractivity contribution is -0.116. The number of hydrogen-bond acceptors (Lipinski definition) is 5. The monoisotopic (exact) mass is 333 g/mol. The van der Waals surface area contributed by atoms with Gasteiger partial charge < -0.3 is 10.1 Å². The molecule has 0 unspecified atom stereocenters. The van der Waals surface area contributed by atoms with Crippen molar-refractivity contribution in [3.05, 3.63) is 28.8 Å². The summed E-state index contributed by atoms with van der Waals surface area (Å²) in [6.07, 6.45) is 2.84. The molecule has 24 heavy (non-hydrogen) atoms. The summed E-state index contributed by atoms with van der Waals surface area (Å²) in [4.78, 5) is 24.1. The SMILES string of the molecule is CCn1cc(CCC(=O)Nc2c(C)nn(C)c2C(=O)OC)c(C)n1. The zero-order valence-electron chi connectivity index (χ0n) is 14.7. The van der Waals surface area contributed by atoms with E-state index in [1.54, 1.807) is 14.0 Å². The largest absolute Gasteiger partial charge is 0.464 e. The van der Waals surface area contributed by atoms with Crippen LogP contribution in [0.5, 0.6) is 0 Å². The van der Waals surface area contributed by atoms with E-state index in [1.807, 2.05) is 24.7 Å². The van der Waals surface area contributed by atoms with Crippen LogP contribution in [0.4, 0.5) is 5.69 Å². The Morgan fingerprint density at radius 1 is 1.25 bits per heavy atom. The lowest BCUT2D eigenvalue weighted by Crippen LogP contribution is -2.17. The van der Waals surface area contributed by atoms with E-state index in [9.17, 15) is 9.59 Å². The Bertz CT molecular complexity index is 760. The molecule has 0 saturated carbocycles. The van der Waals surface area contributed by atoms with E-state index in [-0.39, 0.29) is 11.6 Å². The molecule has 0 bridgehead atoms. The highest BCUT2D eigenvalue weighted by molar-refractivity contribution is 6.00. The minimum absolute atomic E-state index is 0.181. The first-order chi connectivity index (χ1) is 11.4. The van der Waals surface area contributed by atoms with Crippen LogP contribution < -0.4 is 5.32 Å². The van der Waals surface area contributed by atoms with Crippen molar-refractivity contribution >= 4 is 17.6 Å². The first kappa shape index (κ1) is 17.7. The minimum atomic E-state index is -0.534. The number of amides is 1. The van der Waals surface area contributed by atoms with Crippen molar-refractivity contribution in [2.24, 2.45) is 7.05 Å². The van der Waals surface area contributed by atoms with Gasteiger partial charge in [0.05, 0.1) is 24.2 Å². The van der Waals surface area contributed by atoms with Gasteiger partial charge in [-0.05, 0) is 32.8 Å². The van der Waals surface area contributed by atoms with Crippen molar-refractivity contribution in [1.29, 1.82) is 0 Å². The second-order valence-corrected chi connectivity index (χ2v) is 5.57. The van der Waals surface area contributed by atoms with Crippen LogP contribution in [0, 0.1) is 13.8 Å². The molecule has 0 fully saturated rings. The highest BCUT2D eigenvalue weighted by atomic mass is 16.5. The highest BCUT2D eigenvalue weighted by Crippen LogP contribution is 2.21. The second-order valence-electron chi connectivity index (χ2n) is 5.57. The van der Waals surface area contributed by atoms with Crippen molar-refractivity contribution in [2.75, 3.05) is 12.4 Å². The average molecular weight is 333 g/mol. The Balaban J connectivity index is 2.07. The summed E-state index contributed by atoms with van der Waals surface area (Å²) in [6.45, 7) is 6.48. The van der Waals surface area contributed by atoms with Gasteiger partial charge in [-0.1, -0.05) is 0 Å². The van der Waals surface area contributed by atoms with Crippen molar-refractivity contribution in [1.82, 2.24) is 19.6 Å². The lowest BCUT2D eigenvalue weighted by atomic mass is 10.1. The Morgan fingerprint density at radius 2 is 1.96 bits per heavy atom. The molecule has 1 N–H and O–H groups in total. The predicted octanol–water partition coefficient (Wildman–Crippen LogP) is 1.61. The third-order valence-corrected chi connectivity index (χ3v) is 3.86. The van der Waals surface area contributed by atoms with Crippen LogP contribution in [-0.2, 0) is 29.5 Å². The highest BCUT2D eigenvalue weighted by Gasteiger charge is 2.22. The molecule has 8 nitrogen and oxygen atoms in total. The van der Waals surface area contributed by atoms with Gasteiger partial charge in [0, 0.05) is 26.2 Å². The Labute approximate surface area is 140 Å². The van der Waals surface area contributed by atoms with Crippen LogP contribution in [0.1, 0.15) is 40.8 Å². The fraction of sp³-hybridized carbons (Fsp3) is 0.500. The minimum Gasteiger partial charge on any atom is -0.464 e. The summed E-state index contributed by atoms with van der Waals surface area (Å²) in [5.41, 5.74) is 3.18. The average Bonchev–Trinajstić information content (AvgIpc) is 3.04. The fourth-order valence-electron chi connectivity index (χ4n) is 2.56. The van der Waals surface area contributed by atoms with Gasteiger partial charge in [0.25, 0.3) is 0 Å². The van der Waals surface area contributed by atoms with E-state index in [0.29, 0.717) is 24.2 Å². The summed E-state index contributed by atoms with van der Waals surface area (Å²) in [7, 11) is 2.93. The molecule has 0 aliphatic carbocycles. The Kier molecular flexibility index (Phi) is 5.38. The number of anilines is 1. The molecule has 8 heteroatoms. The number of nitrogens with one attached hydrogen (secondary N) is 1. The molecule has 0 aliphatic heterocycles. The Hall–Kier alpha value is -2.64. The zero-order chi connectivity index (χ0) is 17.9. The number of carbonyl (C=O) groups is 2. The third-order valence-electron chi connectivity index (χ3n) is 3.86. The molecule has 2 heterocycles. The first-order valence-electron chi connectivity index (χ1n) is 7.82. The normalized spacial score (nSPS) is 10.7. The van der Waals surface area contributed by atoms with Gasteiger partial charge >= 0.3 is 5.97 Å². The number of aromatic nitrogens is 4. The summed E-state index contributed by atoms with van der Waals surface area (Å²) in [6, 6.07) is 0. The molecule has 0 aliphatic rings. The number of esters is 1. The maximum absolute atomic E-state index is 12.3. The van der Waals surface area contributed by atoms with Crippen LogP contribution in [0.25, 0.3) is 0 Å². The molecule has 0 radical (unpaired) electrons. The standard InChI is InChI=1S/C16H23N5O3/c1-6-21-9-12(10(2)19-21)7-8-13(22)17-14-11(3)18-20(4)15(14)16(23)24-5/h9H,6-8H2,1-5H3,(H,17,22). The first-order valence-corrected chi connectivity index (χ1v) is 7.82. The number of ether oxygens (including phenoxy) is 1. The van der Waals surface area contributed by atoms with Gasteiger partial charge in [-0.15, -0.1) is 0 Å². The molecular weight excluding hydrogens is 310 g/mol.